The van der Waals surface area contributed by atoms with Crippen LogP contribution < -0.4 is 15.5 Å². The van der Waals surface area contributed by atoms with E-state index in [1.165, 1.54) is 11.3 Å². The van der Waals surface area contributed by atoms with E-state index < -0.39 is 11.7 Å². The molecule has 8 heteroatoms. The van der Waals surface area contributed by atoms with Gasteiger partial charge >= 0.3 is 6.09 Å². The summed E-state index contributed by atoms with van der Waals surface area (Å²) < 4.78 is 5.29. The highest BCUT2D eigenvalue weighted by Crippen LogP contribution is 2.27. The summed E-state index contributed by atoms with van der Waals surface area (Å²) in [7, 11) is 0. The van der Waals surface area contributed by atoms with Gasteiger partial charge in [-0.2, -0.15) is 0 Å². The van der Waals surface area contributed by atoms with Crippen LogP contribution in [0.25, 0.3) is 0 Å². The lowest BCUT2D eigenvalue weighted by Gasteiger charge is -2.36. The molecule has 1 unspecified atom stereocenters. The predicted molar refractivity (Wildman–Crippen MR) is 140 cm³/mol. The van der Waals surface area contributed by atoms with Crippen molar-refractivity contribution in [2.24, 2.45) is 0 Å². The molecule has 0 radical (unpaired) electrons. The van der Waals surface area contributed by atoms with E-state index in [-0.39, 0.29) is 17.7 Å². The minimum atomic E-state index is -0.521. The Morgan fingerprint density at radius 1 is 1.00 bits per heavy atom. The number of carbonyl (C=O) groups is 3. The number of hydrogen-bond donors (Lipinski definition) is 2. The first-order chi connectivity index (χ1) is 17.2. The van der Waals surface area contributed by atoms with Gasteiger partial charge in [0.1, 0.15) is 5.60 Å². The first-order valence-electron chi connectivity index (χ1n) is 12.7. The molecule has 2 heterocycles. The average Bonchev–Trinajstić information content (AvgIpc) is 2.83. The van der Waals surface area contributed by atoms with Crippen molar-refractivity contribution >= 4 is 29.3 Å². The number of piperidine rings is 1. The van der Waals surface area contributed by atoms with Crippen LogP contribution >= 0.6 is 0 Å². The van der Waals surface area contributed by atoms with Crippen molar-refractivity contribution in [1.82, 2.24) is 10.2 Å². The summed E-state index contributed by atoms with van der Waals surface area (Å²) in [5.74, 6) is -0.615. The second-order valence-corrected chi connectivity index (χ2v) is 10.5. The van der Waals surface area contributed by atoms with Gasteiger partial charge in [0.2, 0.25) is 11.8 Å². The molecule has 4 rings (SSSR count). The zero-order chi connectivity index (χ0) is 25.7. The number of ether oxygens (including phenoxy) is 1. The molecule has 1 atom stereocenters. The van der Waals surface area contributed by atoms with Gasteiger partial charge in [0, 0.05) is 50.5 Å². The van der Waals surface area contributed by atoms with Gasteiger partial charge in [0.25, 0.3) is 0 Å². The van der Waals surface area contributed by atoms with E-state index in [1.54, 1.807) is 0 Å². The van der Waals surface area contributed by atoms with Crippen LogP contribution in [-0.2, 0) is 20.7 Å². The minimum absolute atomic E-state index is 0.182. The number of nitrogens with one attached hydrogen (secondary N) is 2. The number of benzene rings is 2. The highest BCUT2D eigenvalue weighted by molar-refractivity contribution is 6.00. The summed E-state index contributed by atoms with van der Waals surface area (Å²) in [4.78, 5) is 40.3. The molecule has 0 spiro atoms. The maximum absolute atomic E-state index is 12.1. The maximum atomic E-state index is 12.1. The molecule has 2 fully saturated rings. The van der Waals surface area contributed by atoms with E-state index in [1.807, 2.05) is 57.2 Å². The van der Waals surface area contributed by atoms with Crippen LogP contribution in [0.2, 0.25) is 0 Å². The van der Waals surface area contributed by atoms with E-state index in [9.17, 15) is 14.4 Å². The molecule has 3 amide bonds. The lowest BCUT2D eigenvalue weighted by atomic mass is 9.90. The lowest BCUT2D eigenvalue weighted by molar-refractivity contribution is -0.134. The van der Waals surface area contributed by atoms with Crippen LogP contribution in [0.4, 0.5) is 16.2 Å². The third-order valence-corrected chi connectivity index (χ3v) is 6.59. The highest BCUT2D eigenvalue weighted by atomic mass is 16.6. The van der Waals surface area contributed by atoms with Crippen LogP contribution in [0.15, 0.2) is 48.5 Å². The number of imide groups is 1. The van der Waals surface area contributed by atoms with Gasteiger partial charge in [-0.05, 0) is 69.0 Å². The molecule has 0 aromatic heterocycles. The molecule has 2 aliphatic heterocycles. The van der Waals surface area contributed by atoms with E-state index in [0.29, 0.717) is 12.8 Å². The SMILES string of the molecule is CC(C)(C)OC(=O)Nc1ccc(CCN2CCN(c3ccc(C4CCC(=O)NC4=O)cc3)CC2)cc1. The maximum Gasteiger partial charge on any atom is 0.412 e. The van der Waals surface area contributed by atoms with Crippen molar-refractivity contribution in [2.75, 3.05) is 42.9 Å². The first kappa shape index (κ1) is 25.7. The Labute approximate surface area is 213 Å². The molecule has 36 heavy (non-hydrogen) atoms. The largest absolute Gasteiger partial charge is 0.444 e. The number of nitrogens with zero attached hydrogens (tertiary/aromatic N) is 2. The highest BCUT2D eigenvalue weighted by Gasteiger charge is 2.28. The fraction of sp³-hybridized carbons (Fsp3) is 0.464. The van der Waals surface area contributed by atoms with Crippen molar-refractivity contribution in [3.63, 3.8) is 0 Å². The van der Waals surface area contributed by atoms with Gasteiger partial charge in [-0.15, -0.1) is 0 Å². The molecule has 2 saturated heterocycles. The summed E-state index contributed by atoms with van der Waals surface area (Å²) in [6.45, 7) is 10.4. The quantitative estimate of drug-likeness (QED) is 0.594. The number of anilines is 2. The van der Waals surface area contributed by atoms with Crippen LogP contribution in [0.1, 0.15) is 50.7 Å². The van der Waals surface area contributed by atoms with Crippen LogP contribution in [-0.4, -0.2) is 61.1 Å². The molecular weight excluding hydrogens is 456 g/mol. The van der Waals surface area contributed by atoms with Crippen LogP contribution in [0.3, 0.4) is 0 Å². The number of amides is 3. The Morgan fingerprint density at radius 2 is 1.67 bits per heavy atom. The third kappa shape index (κ3) is 7.07. The van der Waals surface area contributed by atoms with Crippen molar-refractivity contribution in [3.8, 4) is 0 Å². The summed E-state index contributed by atoms with van der Waals surface area (Å²) in [5.41, 5.74) is 3.57. The summed E-state index contributed by atoms with van der Waals surface area (Å²) in [5, 5.41) is 5.20. The molecule has 2 aromatic carbocycles. The Hall–Kier alpha value is -3.39. The second-order valence-electron chi connectivity index (χ2n) is 10.5. The summed E-state index contributed by atoms with van der Waals surface area (Å²) >= 11 is 0. The Morgan fingerprint density at radius 3 is 2.28 bits per heavy atom. The summed E-state index contributed by atoms with van der Waals surface area (Å²) in [6, 6.07) is 16.1. The third-order valence-electron chi connectivity index (χ3n) is 6.59. The minimum Gasteiger partial charge on any atom is -0.444 e. The van der Waals surface area contributed by atoms with Crippen molar-refractivity contribution in [3.05, 3.63) is 59.7 Å². The van der Waals surface area contributed by atoms with E-state index in [0.717, 1.165) is 50.4 Å². The fourth-order valence-electron chi connectivity index (χ4n) is 4.62. The molecule has 2 aliphatic rings. The van der Waals surface area contributed by atoms with Crippen molar-refractivity contribution < 1.29 is 19.1 Å². The summed E-state index contributed by atoms with van der Waals surface area (Å²) in [6.07, 6.45) is 1.48. The molecule has 192 valence electrons. The standard InChI is InChI=1S/C28H36N4O4/c1-28(2,3)36-27(35)29-22-8-4-20(5-9-22)14-15-31-16-18-32(19-17-31)23-10-6-21(7-11-23)24-12-13-25(33)30-26(24)34/h4-11,24H,12-19H2,1-3H3,(H,29,35)(H,30,33,34). The predicted octanol–water partition coefficient (Wildman–Crippen LogP) is 3.92. The van der Waals surface area contributed by atoms with E-state index in [4.69, 9.17) is 4.74 Å². The zero-order valence-corrected chi connectivity index (χ0v) is 21.4. The normalized spacial score (nSPS) is 19.1. The number of piperazine rings is 1. The second kappa shape index (κ2) is 11.1. The van der Waals surface area contributed by atoms with Gasteiger partial charge < -0.3 is 9.64 Å². The topological polar surface area (TPSA) is 91.0 Å². The van der Waals surface area contributed by atoms with Crippen molar-refractivity contribution in [1.29, 1.82) is 0 Å². The lowest BCUT2D eigenvalue weighted by Crippen LogP contribution is -2.47. The number of carbonyl (C=O) groups excluding carboxylic acids is 3. The molecule has 8 nitrogen and oxygen atoms in total. The molecule has 0 aliphatic carbocycles. The molecule has 0 bridgehead atoms. The monoisotopic (exact) mass is 492 g/mol. The Balaban J connectivity index is 1.21. The average molecular weight is 493 g/mol. The molecule has 0 saturated carbocycles. The number of rotatable bonds is 6. The van der Waals surface area contributed by atoms with Gasteiger partial charge in [-0.25, -0.2) is 4.79 Å². The Kier molecular flexibility index (Phi) is 7.94. The molecule has 2 aromatic rings. The fourth-order valence-corrected chi connectivity index (χ4v) is 4.62. The zero-order valence-electron chi connectivity index (χ0n) is 21.4. The van der Waals surface area contributed by atoms with Crippen LogP contribution in [0, 0.1) is 0 Å². The van der Waals surface area contributed by atoms with Crippen LogP contribution in [0.5, 0.6) is 0 Å². The first-order valence-corrected chi connectivity index (χ1v) is 12.7. The van der Waals surface area contributed by atoms with E-state index >= 15 is 0 Å². The van der Waals surface area contributed by atoms with E-state index in [2.05, 4.69) is 32.6 Å². The number of hydrogen-bond acceptors (Lipinski definition) is 6. The van der Waals surface area contributed by atoms with Gasteiger partial charge in [0.15, 0.2) is 0 Å². The molecule has 2 N–H and O–H groups in total. The molecular formula is C28H36N4O4. The smallest absolute Gasteiger partial charge is 0.412 e. The van der Waals surface area contributed by atoms with Gasteiger partial charge in [-0.3, -0.25) is 25.1 Å². The van der Waals surface area contributed by atoms with Crippen molar-refractivity contribution in [2.45, 2.75) is 51.6 Å². The van der Waals surface area contributed by atoms with Gasteiger partial charge in [-0.1, -0.05) is 24.3 Å². The van der Waals surface area contributed by atoms with Gasteiger partial charge in [0.05, 0.1) is 5.92 Å². The Bertz CT molecular complexity index is 1070.